The van der Waals surface area contributed by atoms with Gasteiger partial charge in [-0.2, -0.15) is 5.10 Å². The van der Waals surface area contributed by atoms with Crippen molar-refractivity contribution in [2.45, 2.75) is 60.4 Å². The summed E-state index contributed by atoms with van der Waals surface area (Å²) < 4.78 is 2.03. The highest BCUT2D eigenvalue weighted by Crippen LogP contribution is 2.22. The summed E-state index contributed by atoms with van der Waals surface area (Å²) in [5, 5.41) is 8.17. The first-order valence-electron chi connectivity index (χ1n) is 9.56. The highest BCUT2D eigenvalue weighted by molar-refractivity contribution is 5.80. The smallest absolute Gasteiger partial charge is 0.194 e. The van der Waals surface area contributed by atoms with E-state index in [9.17, 15) is 0 Å². The monoisotopic (exact) mass is 333 g/mol. The molecule has 0 bridgehead atoms. The molecule has 1 saturated heterocycles. The molecule has 0 saturated carbocycles. The van der Waals surface area contributed by atoms with Crippen LogP contribution in [0.15, 0.2) is 4.99 Å². The molecule has 1 aliphatic rings. The van der Waals surface area contributed by atoms with Gasteiger partial charge in [0.05, 0.1) is 12.2 Å². The number of rotatable bonds is 5. The molecule has 0 amide bonds. The van der Waals surface area contributed by atoms with Crippen molar-refractivity contribution in [3.8, 4) is 0 Å². The number of piperidine rings is 1. The Morgan fingerprint density at radius 1 is 1.17 bits per heavy atom. The summed E-state index contributed by atoms with van der Waals surface area (Å²) in [6.45, 7) is 15.0. The van der Waals surface area contributed by atoms with Crippen LogP contribution < -0.4 is 5.32 Å². The molecular formula is C19H35N5. The first-order chi connectivity index (χ1) is 11.5. The Morgan fingerprint density at radius 3 is 2.38 bits per heavy atom. The summed E-state index contributed by atoms with van der Waals surface area (Å²) in [6.07, 6.45) is 3.29. The number of nitrogens with zero attached hydrogens (tertiary/aromatic N) is 4. The Morgan fingerprint density at radius 2 is 1.83 bits per heavy atom. The van der Waals surface area contributed by atoms with Crippen molar-refractivity contribution in [3.05, 3.63) is 17.0 Å². The van der Waals surface area contributed by atoms with Crippen molar-refractivity contribution in [3.63, 3.8) is 0 Å². The summed E-state index contributed by atoms with van der Waals surface area (Å²) in [5.41, 5.74) is 3.82. The van der Waals surface area contributed by atoms with Gasteiger partial charge >= 0.3 is 0 Å². The van der Waals surface area contributed by atoms with Crippen LogP contribution in [0.4, 0.5) is 0 Å². The summed E-state index contributed by atoms with van der Waals surface area (Å²) in [4.78, 5) is 7.43. The lowest BCUT2D eigenvalue weighted by molar-refractivity contribution is 0.208. The Bertz CT molecular complexity index is 550. The van der Waals surface area contributed by atoms with Gasteiger partial charge in [0.2, 0.25) is 0 Å². The molecule has 1 aliphatic heterocycles. The van der Waals surface area contributed by atoms with Crippen molar-refractivity contribution < 1.29 is 0 Å². The van der Waals surface area contributed by atoms with E-state index in [0.29, 0.717) is 0 Å². The third-order valence-corrected chi connectivity index (χ3v) is 4.92. The second-order valence-corrected chi connectivity index (χ2v) is 7.22. The van der Waals surface area contributed by atoms with Crippen LogP contribution in [0.25, 0.3) is 0 Å². The minimum atomic E-state index is 0.724. The van der Waals surface area contributed by atoms with Crippen molar-refractivity contribution in [1.29, 1.82) is 0 Å². The van der Waals surface area contributed by atoms with E-state index >= 15 is 0 Å². The molecular weight excluding hydrogens is 298 g/mol. The van der Waals surface area contributed by atoms with Crippen LogP contribution >= 0.6 is 0 Å². The van der Waals surface area contributed by atoms with Crippen LogP contribution in [0.3, 0.4) is 0 Å². The predicted octanol–water partition coefficient (Wildman–Crippen LogP) is 2.99. The zero-order valence-electron chi connectivity index (χ0n) is 16.4. The minimum absolute atomic E-state index is 0.724. The lowest BCUT2D eigenvalue weighted by atomic mass is 9.92. The molecule has 2 rings (SSSR count). The number of aryl methyl sites for hydroxylation is 2. The fourth-order valence-corrected chi connectivity index (χ4v) is 3.99. The average Bonchev–Trinajstić information content (AvgIpc) is 2.85. The molecule has 2 unspecified atom stereocenters. The first-order valence-corrected chi connectivity index (χ1v) is 9.56. The Balaban J connectivity index is 2.22. The van der Waals surface area contributed by atoms with Crippen LogP contribution in [-0.4, -0.2) is 40.3 Å². The molecule has 0 spiro atoms. The third kappa shape index (κ3) is 4.31. The summed E-state index contributed by atoms with van der Waals surface area (Å²) in [5.74, 6) is 2.52. The lowest BCUT2D eigenvalue weighted by Gasteiger charge is -2.37. The van der Waals surface area contributed by atoms with Gasteiger partial charge in [-0.05, 0) is 38.0 Å². The van der Waals surface area contributed by atoms with E-state index in [4.69, 9.17) is 4.99 Å². The second-order valence-electron chi connectivity index (χ2n) is 7.22. The largest absolute Gasteiger partial charge is 0.357 e. The van der Waals surface area contributed by atoms with E-state index < -0.39 is 0 Å². The zero-order valence-corrected chi connectivity index (χ0v) is 16.4. The Hall–Kier alpha value is -1.52. The number of hydrogen-bond acceptors (Lipinski definition) is 2. The number of aromatic nitrogens is 2. The summed E-state index contributed by atoms with van der Waals surface area (Å²) in [6, 6.07) is 0. The normalized spacial score (nSPS) is 22.1. The van der Waals surface area contributed by atoms with Gasteiger partial charge in [0, 0.05) is 37.9 Å². The van der Waals surface area contributed by atoms with Gasteiger partial charge in [0.15, 0.2) is 5.96 Å². The standard InChI is InChI=1S/C19H35N5/c1-7-17-16(18(8-2)23(6)22-17)11-21-19(20-9-3)24-12-14(4)10-15(5)13-24/h14-15H,7-13H2,1-6H3,(H,20,21). The van der Waals surface area contributed by atoms with Crippen LogP contribution in [0, 0.1) is 11.8 Å². The number of guanidine groups is 1. The second kappa shape index (κ2) is 8.54. The molecule has 1 N–H and O–H groups in total. The molecule has 0 aromatic carbocycles. The highest BCUT2D eigenvalue weighted by Gasteiger charge is 2.24. The molecule has 2 heterocycles. The Kier molecular flexibility index (Phi) is 6.69. The van der Waals surface area contributed by atoms with E-state index in [0.717, 1.165) is 56.8 Å². The van der Waals surface area contributed by atoms with E-state index in [1.807, 2.05) is 11.7 Å². The van der Waals surface area contributed by atoms with E-state index in [1.54, 1.807) is 0 Å². The fourth-order valence-electron chi connectivity index (χ4n) is 3.99. The molecule has 1 fully saturated rings. The Labute approximate surface area is 147 Å². The molecule has 5 nitrogen and oxygen atoms in total. The van der Waals surface area contributed by atoms with Gasteiger partial charge in [-0.25, -0.2) is 4.99 Å². The molecule has 24 heavy (non-hydrogen) atoms. The van der Waals surface area contributed by atoms with Gasteiger partial charge < -0.3 is 10.2 Å². The highest BCUT2D eigenvalue weighted by atomic mass is 15.3. The van der Waals surface area contributed by atoms with Crippen LogP contribution in [-0.2, 0) is 26.4 Å². The van der Waals surface area contributed by atoms with E-state index in [2.05, 4.69) is 49.9 Å². The van der Waals surface area contributed by atoms with Crippen molar-refractivity contribution in [1.82, 2.24) is 20.0 Å². The van der Waals surface area contributed by atoms with E-state index in [1.165, 1.54) is 23.4 Å². The minimum Gasteiger partial charge on any atom is -0.357 e. The van der Waals surface area contributed by atoms with Gasteiger partial charge in [-0.3, -0.25) is 4.68 Å². The zero-order chi connectivity index (χ0) is 17.7. The first kappa shape index (κ1) is 18.8. The predicted molar refractivity (Wildman–Crippen MR) is 101 cm³/mol. The van der Waals surface area contributed by atoms with Crippen molar-refractivity contribution in [2.75, 3.05) is 19.6 Å². The molecule has 1 aromatic heterocycles. The van der Waals surface area contributed by atoms with Crippen molar-refractivity contribution >= 4 is 5.96 Å². The van der Waals surface area contributed by atoms with Crippen molar-refractivity contribution in [2.24, 2.45) is 23.9 Å². The van der Waals surface area contributed by atoms with Gasteiger partial charge in [0.25, 0.3) is 0 Å². The maximum absolute atomic E-state index is 4.98. The molecule has 2 atom stereocenters. The third-order valence-electron chi connectivity index (χ3n) is 4.92. The quantitative estimate of drug-likeness (QED) is 0.665. The van der Waals surface area contributed by atoms with Crippen LogP contribution in [0.1, 0.15) is 58.0 Å². The van der Waals surface area contributed by atoms with Gasteiger partial charge in [-0.15, -0.1) is 0 Å². The number of hydrogen-bond donors (Lipinski definition) is 1. The molecule has 5 heteroatoms. The molecule has 136 valence electrons. The summed E-state index contributed by atoms with van der Waals surface area (Å²) in [7, 11) is 2.05. The average molecular weight is 334 g/mol. The maximum Gasteiger partial charge on any atom is 0.194 e. The fraction of sp³-hybridized carbons (Fsp3) is 0.789. The van der Waals surface area contributed by atoms with Gasteiger partial charge in [0.1, 0.15) is 0 Å². The van der Waals surface area contributed by atoms with E-state index in [-0.39, 0.29) is 0 Å². The van der Waals surface area contributed by atoms with Gasteiger partial charge in [-0.1, -0.05) is 27.7 Å². The van der Waals surface area contributed by atoms with Crippen LogP contribution in [0.2, 0.25) is 0 Å². The molecule has 0 radical (unpaired) electrons. The molecule has 1 aromatic rings. The maximum atomic E-state index is 4.98. The number of likely N-dealkylation sites (tertiary alicyclic amines) is 1. The molecule has 0 aliphatic carbocycles. The van der Waals surface area contributed by atoms with Crippen LogP contribution in [0.5, 0.6) is 0 Å². The SMILES string of the molecule is CCNC(=NCc1c(CC)nn(C)c1CC)N1CC(C)CC(C)C1. The summed E-state index contributed by atoms with van der Waals surface area (Å²) >= 11 is 0. The number of aliphatic imine (C=N–C) groups is 1. The topological polar surface area (TPSA) is 45.5 Å². The lowest BCUT2D eigenvalue weighted by Crippen LogP contribution is -2.48. The number of nitrogens with one attached hydrogen (secondary N) is 1.